The third kappa shape index (κ3) is 3.43. The van der Waals surface area contributed by atoms with Crippen molar-refractivity contribution in [2.75, 3.05) is 0 Å². The van der Waals surface area contributed by atoms with Gasteiger partial charge in [-0.2, -0.15) is 0 Å². The molecule has 5 heteroatoms. The summed E-state index contributed by atoms with van der Waals surface area (Å²) >= 11 is 0. The van der Waals surface area contributed by atoms with E-state index in [2.05, 4.69) is 5.32 Å². The number of aliphatic carboxylic acids is 1. The molecule has 4 atom stereocenters. The summed E-state index contributed by atoms with van der Waals surface area (Å²) in [6.45, 7) is 7.39. The number of carboxylic acids is 1. The van der Waals surface area contributed by atoms with Crippen LogP contribution in [0, 0.1) is 11.8 Å². The van der Waals surface area contributed by atoms with Crippen LogP contribution in [0.3, 0.4) is 0 Å². The second-order valence-electron chi connectivity index (χ2n) is 5.15. The molecule has 0 aromatic carbocycles. The zero-order chi connectivity index (χ0) is 13.2. The molecule has 0 radical (unpaired) electrons. The Labute approximate surface area is 102 Å². The maximum Gasteiger partial charge on any atom is 0.326 e. The van der Waals surface area contributed by atoms with E-state index in [1.807, 2.05) is 13.8 Å². The van der Waals surface area contributed by atoms with E-state index in [0.29, 0.717) is 0 Å². The van der Waals surface area contributed by atoms with Gasteiger partial charge in [-0.25, -0.2) is 4.79 Å². The average Bonchev–Trinajstić information content (AvgIpc) is 2.53. The average molecular weight is 243 g/mol. The fourth-order valence-corrected chi connectivity index (χ4v) is 2.16. The van der Waals surface area contributed by atoms with Crippen LogP contribution in [0.1, 0.15) is 34.1 Å². The number of hydrogen-bond acceptors (Lipinski definition) is 3. The molecule has 1 fully saturated rings. The SMILES string of the molecule is CC1CC(C)C(C(=O)N[C@H](C(=O)O)C(C)C)O1. The van der Waals surface area contributed by atoms with Crippen molar-refractivity contribution in [2.45, 2.75) is 52.4 Å². The first-order valence-electron chi connectivity index (χ1n) is 6.01. The van der Waals surface area contributed by atoms with E-state index in [4.69, 9.17) is 9.84 Å². The summed E-state index contributed by atoms with van der Waals surface area (Å²) in [4.78, 5) is 22.9. The molecule has 0 saturated carbocycles. The molecule has 1 aliphatic rings. The van der Waals surface area contributed by atoms with Gasteiger partial charge >= 0.3 is 5.97 Å². The molecular weight excluding hydrogens is 222 g/mol. The van der Waals surface area contributed by atoms with Crippen molar-refractivity contribution >= 4 is 11.9 Å². The molecule has 1 aliphatic heterocycles. The Morgan fingerprint density at radius 2 is 1.94 bits per heavy atom. The van der Waals surface area contributed by atoms with Gasteiger partial charge in [0.05, 0.1) is 6.10 Å². The number of nitrogens with one attached hydrogen (secondary N) is 1. The summed E-state index contributed by atoms with van der Waals surface area (Å²) in [6, 6.07) is -0.853. The zero-order valence-electron chi connectivity index (χ0n) is 10.8. The molecule has 0 aromatic rings. The fraction of sp³-hybridized carbons (Fsp3) is 0.833. The molecule has 3 unspecified atom stereocenters. The first-order chi connectivity index (χ1) is 7.82. The van der Waals surface area contributed by atoms with Crippen LogP contribution in [0.4, 0.5) is 0 Å². The van der Waals surface area contributed by atoms with E-state index in [0.717, 1.165) is 6.42 Å². The number of carbonyl (C=O) groups is 2. The smallest absolute Gasteiger partial charge is 0.326 e. The highest BCUT2D eigenvalue weighted by molar-refractivity contribution is 5.86. The number of ether oxygens (including phenoxy) is 1. The summed E-state index contributed by atoms with van der Waals surface area (Å²) in [5.41, 5.74) is 0. The van der Waals surface area contributed by atoms with Crippen LogP contribution in [0.25, 0.3) is 0 Å². The molecule has 1 amide bonds. The molecule has 98 valence electrons. The molecule has 0 aromatic heterocycles. The van der Waals surface area contributed by atoms with Crippen molar-refractivity contribution in [1.29, 1.82) is 0 Å². The van der Waals surface area contributed by atoms with Gasteiger partial charge in [0.2, 0.25) is 5.91 Å². The summed E-state index contributed by atoms with van der Waals surface area (Å²) in [5, 5.41) is 11.5. The second kappa shape index (κ2) is 5.49. The number of rotatable bonds is 4. The fourth-order valence-electron chi connectivity index (χ4n) is 2.16. The van der Waals surface area contributed by atoms with Gasteiger partial charge in [0.1, 0.15) is 12.1 Å². The second-order valence-corrected chi connectivity index (χ2v) is 5.15. The highest BCUT2D eigenvalue weighted by Gasteiger charge is 2.37. The topological polar surface area (TPSA) is 75.6 Å². The first-order valence-corrected chi connectivity index (χ1v) is 6.01. The van der Waals surface area contributed by atoms with E-state index in [1.54, 1.807) is 13.8 Å². The van der Waals surface area contributed by atoms with Gasteiger partial charge in [-0.05, 0) is 25.2 Å². The largest absolute Gasteiger partial charge is 0.480 e. The van der Waals surface area contributed by atoms with Crippen molar-refractivity contribution in [2.24, 2.45) is 11.8 Å². The minimum atomic E-state index is -1.01. The maximum atomic E-state index is 11.9. The van der Waals surface area contributed by atoms with E-state index >= 15 is 0 Å². The number of carbonyl (C=O) groups excluding carboxylic acids is 1. The van der Waals surface area contributed by atoms with Gasteiger partial charge in [0.15, 0.2) is 0 Å². The highest BCUT2D eigenvalue weighted by Crippen LogP contribution is 2.26. The Morgan fingerprint density at radius 3 is 2.29 bits per heavy atom. The lowest BCUT2D eigenvalue weighted by atomic mass is 10.00. The molecule has 0 bridgehead atoms. The normalized spacial score (nSPS) is 30.3. The van der Waals surface area contributed by atoms with E-state index < -0.39 is 18.1 Å². The van der Waals surface area contributed by atoms with Gasteiger partial charge in [-0.3, -0.25) is 4.79 Å². The Morgan fingerprint density at radius 1 is 1.35 bits per heavy atom. The number of hydrogen-bond donors (Lipinski definition) is 2. The van der Waals surface area contributed by atoms with Gasteiger partial charge in [-0.15, -0.1) is 0 Å². The lowest BCUT2D eigenvalue weighted by Crippen LogP contribution is -2.49. The zero-order valence-corrected chi connectivity index (χ0v) is 10.8. The van der Waals surface area contributed by atoms with Crippen LogP contribution in [0.2, 0.25) is 0 Å². The predicted octanol–water partition coefficient (Wildman–Crippen LogP) is 1.03. The van der Waals surface area contributed by atoms with Crippen LogP contribution in [-0.4, -0.2) is 35.2 Å². The van der Waals surface area contributed by atoms with Crippen LogP contribution in [-0.2, 0) is 14.3 Å². The molecule has 0 aliphatic carbocycles. The monoisotopic (exact) mass is 243 g/mol. The standard InChI is InChI=1S/C12H21NO4/c1-6(2)9(12(15)16)13-11(14)10-7(3)5-8(4)17-10/h6-10H,5H2,1-4H3,(H,13,14)(H,15,16)/t7?,8?,9-,10?/m0/s1. The van der Waals surface area contributed by atoms with Gasteiger partial charge in [0.25, 0.3) is 0 Å². The van der Waals surface area contributed by atoms with Crippen LogP contribution in [0.5, 0.6) is 0 Å². The van der Waals surface area contributed by atoms with Crippen molar-refractivity contribution < 1.29 is 19.4 Å². The molecule has 2 N–H and O–H groups in total. The van der Waals surface area contributed by atoms with Crippen molar-refractivity contribution in [1.82, 2.24) is 5.32 Å². The predicted molar refractivity (Wildman–Crippen MR) is 62.5 cm³/mol. The quantitative estimate of drug-likeness (QED) is 0.773. The number of amides is 1. The summed E-state index contributed by atoms with van der Waals surface area (Å²) in [6.07, 6.45) is 0.367. The minimum absolute atomic E-state index is 0.0584. The Balaban J connectivity index is 2.62. The van der Waals surface area contributed by atoms with Gasteiger partial charge < -0.3 is 15.2 Å². The minimum Gasteiger partial charge on any atom is -0.480 e. The molecular formula is C12H21NO4. The Hall–Kier alpha value is -1.10. The van der Waals surface area contributed by atoms with E-state index in [1.165, 1.54) is 0 Å². The van der Waals surface area contributed by atoms with Gasteiger partial charge in [0, 0.05) is 0 Å². The lowest BCUT2D eigenvalue weighted by molar-refractivity contribution is -0.145. The van der Waals surface area contributed by atoms with Crippen molar-refractivity contribution in [3.8, 4) is 0 Å². The Kier molecular flexibility index (Phi) is 4.51. The van der Waals surface area contributed by atoms with Crippen LogP contribution in [0.15, 0.2) is 0 Å². The summed E-state index contributed by atoms with van der Waals surface area (Å²) < 4.78 is 5.49. The van der Waals surface area contributed by atoms with Gasteiger partial charge in [-0.1, -0.05) is 20.8 Å². The third-order valence-corrected chi connectivity index (χ3v) is 3.09. The Bertz CT molecular complexity index is 303. The molecule has 5 nitrogen and oxygen atoms in total. The summed E-state index contributed by atoms with van der Waals surface area (Å²) in [7, 11) is 0. The van der Waals surface area contributed by atoms with Crippen molar-refractivity contribution in [3.05, 3.63) is 0 Å². The number of carboxylic acid groups (broad SMARTS) is 1. The molecule has 1 saturated heterocycles. The molecule has 1 heterocycles. The molecule has 1 rings (SSSR count). The molecule has 17 heavy (non-hydrogen) atoms. The van der Waals surface area contributed by atoms with Crippen LogP contribution < -0.4 is 5.32 Å². The van der Waals surface area contributed by atoms with E-state index in [-0.39, 0.29) is 23.8 Å². The van der Waals surface area contributed by atoms with Crippen LogP contribution >= 0.6 is 0 Å². The van der Waals surface area contributed by atoms with E-state index in [9.17, 15) is 9.59 Å². The van der Waals surface area contributed by atoms with Crippen molar-refractivity contribution in [3.63, 3.8) is 0 Å². The lowest BCUT2D eigenvalue weighted by Gasteiger charge is -2.21. The first kappa shape index (κ1) is 14.0. The maximum absolute atomic E-state index is 11.9. The third-order valence-electron chi connectivity index (χ3n) is 3.09. The summed E-state index contributed by atoms with van der Waals surface area (Å²) in [5.74, 6) is -1.34. The highest BCUT2D eigenvalue weighted by atomic mass is 16.5. The molecule has 0 spiro atoms.